The van der Waals surface area contributed by atoms with E-state index in [1.165, 1.54) is 6.42 Å². The van der Waals surface area contributed by atoms with Gasteiger partial charge in [-0.1, -0.05) is 5.16 Å². The highest BCUT2D eigenvalue weighted by Gasteiger charge is 2.15. The first-order valence-electron chi connectivity index (χ1n) is 5.06. The molecule has 0 bridgehead atoms. The summed E-state index contributed by atoms with van der Waals surface area (Å²) in [6.07, 6.45) is 3.70. The number of nitrogens with zero attached hydrogens (tertiary/aromatic N) is 1. The molecule has 82 valence electrons. The van der Waals surface area contributed by atoms with E-state index in [1.54, 1.807) is 0 Å². The largest absolute Gasteiger partial charge is 0.409 e. The highest BCUT2D eigenvalue weighted by molar-refractivity contribution is 5.84. The van der Waals surface area contributed by atoms with E-state index in [4.69, 9.17) is 15.7 Å². The lowest BCUT2D eigenvalue weighted by atomic mass is 10.2. The van der Waals surface area contributed by atoms with E-state index >= 15 is 0 Å². The van der Waals surface area contributed by atoms with Crippen LogP contribution in [-0.4, -0.2) is 36.3 Å². The summed E-state index contributed by atoms with van der Waals surface area (Å²) >= 11 is 0. The van der Waals surface area contributed by atoms with Crippen molar-refractivity contribution in [3.8, 4) is 0 Å². The first-order chi connectivity index (χ1) is 6.74. The predicted octanol–water partition coefficient (Wildman–Crippen LogP) is 0.280. The lowest BCUT2D eigenvalue weighted by molar-refractivity contribution is 0.104. The van der Waals surface area contributed by atoms with E-state index in [-0.39, 0.29) is 11.9 Å². The molecule has 0 aromatic rings. The Morgan fingerprint density at radius 2 is 2.57 bits per heavy atom. The standard InChI is InChI=1S/C9H19N3O2/c1-7(9(10)12-13)11-5-4-8-3-2-6-14-8/h7-8,11,13H,2-6H2,1H3,(H2,10,12). The van der Waals surface area contributed by atoms with Crippen LogP contribution < -0.4 is 11.1 Å². The third-order valence-electron chi connectivity index (χ3n) is 2.50. The van der Waals surface area contributed by atoms with Crippen molar-refractivity contribution < 1.29 is 9.94 Å². The maximum atomic E-state index is 8.41. The van der Waals surface area contributed by atoms with Crippen LogP contribution in [0.1, 0.15) is 26.2 Å². The summed E-state index contributed by atoms with van der Waals surface area (Å²) in [7, 11) is 0. The summed E-state index contributed by atoms with van der Waals surface area (Å²) in [6, 6.07) is -0.0820. The summed E-state index contributed by atoms with van der Waals surface area (Å²) in [5, 5.41) is 14.5. The Hall–Kier alpha value is -0.810. The number of oxime groups is 1. The maximum Gasteiger partial charge on any atom is 0.156 e. The number of nitrogens with two attached hydrogens (primary N) is 1. The van der Waals surface area contributed by atoms with Crippen molar-refractivity contribution in [2.24, 2.45) is 10.9 Å². The van der Waals surface area contributed by atoms with Crippen LogP contribution in [0.4, 0.5) is 0 Å². The van der Waals surface area contributed by atoms with Crippen LogP contribution in [0, 0.1) is 0 Å². The van der Waals surface area contributed by atoms with E-state index < -0.39 is 0 Å². The van der Waals surface area contributed by atoms with Crippen LogP contribution in [0.3, 0.4) is 0 Å². The third kappa shape index (κ3) is 3.51. The van der Waals surface area contributed by atoms with Crippen LogP contribution in [0.2, 0.25) is 0 Å². The van der Waals surface area contributed by atoms with Crippen LogP contribution in [0.15, 0.2) is 5.16 Å². The molecule has 2 atom stereocenters. The van der Waals surface area contributed by atoms with Gasteiger partial charge < -0.3 is 21.0 Å². The van der Waals surface area contributed by atoms with Crippen molar-refractivity contribution in [1.29, 1.82) is 0 Å². The lowest BCUT2D eigenvalue weighted by Gasteiger charge is -2.14. The number of ether oxygens (including phenoxy) is 1. The van der Waals surface area contributed by atoms with Crippen LogP contribution in [-0.2, 0) is 4.74 Å². The Balaban J connectivity index is 2.08. The van der Waals surface area contributed by atoms with Crippen molar-refractivity contribution in [1.82, 2.24) is 5.32 Å². The quantitative estimate of drug-likeness (QED) is 0.258. The number of amidine groups is 1. The molecule has 5 nitrogen and oxygen atoms in total. The van der Waals surface area contributed by atoms with Crippen LogP contribution in [0.5, 0.6) is 0 Å². The fourth-order valence-corrected chi connectivity index (χ4v) is 1.52. The van der Waals surface area contributed by atoms with Crippen molar-refractivity contribution in [2.75, 3.05) is 13.2 Å². The molecule has 1 saturated heterocycles. The molecule has 4 N–H and O–H groups in total. The molecule has 5 heteroatoms. The number of hydrogen-bond acceptors (Lipinski definition) is 4. The molecule has 1 rings (SSSR count). The smallest absolute Gasteiger partial charge is 0.156 e. The van der Waals surface area contributed by atoms with Gasteiger partial charge in [0.05, 0.1) is 12.1 Å². The average molecular weight is 201 g/mol. The minimum Gasteiger partial charge on any atom is -0.409 e. The van der Waals surface area contributed by atoms with Gasteiger partial charge >= 0.3 is 0 Å². The zero-order chi connectivity index (χ0) is 10.4. The summed E-state index contributed by atoms with van der Waals surface area (Å²) in [6.45, 7) is 3.59. The molecule has 0 radical (unpaired) electrons. The molecule has 0 amide bonds. The van der Waals surface area contributed by atoms with E-state index in [0.717, 1.165) is 26.0 Å². The summed E-state index contributed by atoms with van der Waals surface area (Å²) in [5.41, 5.74) is 5.42. The normalized spacial score (nSPS) is 25.2. The van der Waals surface area contributed by atoms with Gasteiger partial charge in [0.25, 0.3) is 0 Å². The van der Waals surface area contributed by atoms with Crippen LogP contribution >= 0.6 is 0 Å². The molecule has 1 fully saturated rings. The predicted molar refractivity (Wildman–Crippen MR) is 54.5 cm³/mol. The summed E-state index contributed by atoms with van der Waals surface area (Å²) in [5.74, 6) is 0.220. The molecule has 0 saturated carbocycles. The van der Waals surface area contributed by atoms with Crippen molar-refractivity contribution in [3.63, 3.8) is 0 Å². The van der Waals surface area contributed by atoms with Gasteiger partial charge in [-0.15, -0.1) is 0 Å². The van der Waals surface area contributed by atoms with E-state index in [0.29, 0.717) is 6.10 Å². The Morgan fingerprint density at radius 3 is 3.14 bits per heavy atom. The molecule has 0 aromatic carbocycles. The molecule has 1 aliphatic heterocycles. The average Bonchev–Trinajstić information content (AvgIpc) is 2.69. The fourth-order valence-electron chi connectivity index (χ4n) is 1.52. The Morgan fingerprint density at radius 1 is 1.79 bits per heavy atom. The van der Waals surface area contributed by atoms with Gasteiger partial charge in [0.15, 0.2) is 5.84 Å². The Kier molecular flexibility index (Phi) is 4.69. The van der Waals surface area contributed by atoms with Gasteiger partial charge in [0.1, 0.15) is 0 Å². The van der Waals surface area contributed by atoms with Gasteiger partial charge in [0, 0.05) is 6.61 Å². The topological polar surface area (TPSA) is 79.9 Å². The highest BCUT2D eigenvalue weighted by atomic mass is 16.5. The molecule has 1 heterocycles. The van der Waals surface area contributed by atoms with Gasteiger partial charge in [-0.05, 0) is 32.7 Å². The monoisotopic (exact) mass is 201 g/mol. The second-order valence-corrected chi connectivity index (χ2v) is 3.62. The first kappa shape index (κ1) is 11.3. The Bertz CT molecular complexity index is 190. The van der Waals surface area contributed by atoms with E-state index in [9.17, 15) is 0 Å². The zero-order valence-electron chi connectivity index (χ0n) is 8.57. The highest BCUT2D eigenvalue weighted by Crippen LogP contribution is 2.14. The Labute approximate surface area is 84.3 Å². The molecule has 1 aliphatic rings. The minimum atomic E-state index is -0.0820. The molecule has 0 aromatic heterocycles. The zero-order valence-corrected chi connectivity index (χ0v) is 8.57. The summed E-state index contributed by atoms with van der Waals surface area (Å²) < 4.78 is 5.47. The molecular weight excluding hydrogens is 182 g/mol. The molecular formula is C9H19N3O2. The van der Waals surface area contributed by atoms with Crippen molar-refractivity contribution in [2.45, 2.75) is 38.3 Å². The molecule has 0 aliphatic carbocycles. The minimum absolute atomic E-state index is 0.0820. The molecule has 0 spiro atoms. The van der Waals surface area contributed by atoms with E-state index in [1.807, 2.05) is 6.92 Å². The van der Waals surface area contributed by atoms with Crippen molar-refractivity contribution >= 4 is 5.84 Å². The number of rotatable bonds is 5. The number of nitrogens with one attached hydrogen (secondary N) is 1. The van der Waals surface area contributed by atoms with Gasteiger partial charge in [0.2, 0.25) is 0 Å². The lowest BCUT2D eigenvalue weighted by Crippen LogP contribution is -2.40. The maximum absolute atomic E-state index is 8.41. The van der Waals surface area contributed by atoms with Crippen molar-refractivity contribution in [3.05, 3.63) is 0 Å². The molecule has 2 unspecified atom stereocenters. The van der Waals surface area contributed by atoms with Gasteiger partial charge in [-0.25, -0.2) is 0 Å². The third-order valence-corrected chi connectivity index (χ3v) is 2.50. The molecule has 14 heavy (non-hydrogen) atoms. The second-order valence-electron chi connectivity index (χ2n) is 3.62. The number of hydrogen-bond donors (Lipinski definition) is 3. The first-order valence-corrected chi connectivity index (χ1v) is 5.06. The fraction of sp³-hybridized carbons (Fsp3) is 0.889. The SMILES string of the molecule is CC(NCCC1CCCO1)C(N)=NO. The van der Waals surface area contributed by atoms with E-state index in [2.05, 4.69) is 10.5 Å². The van der Waals surface area contributed by atoms with Crippen LogP contribution in [0.25, 0.3) is 0 Å². The summed E-state index contributed by atoms with van der Waals surface area (Å²) in [4.78, 5) is 0. The second kappa shape index (κ2) is 5.82. The van der Waals surface area contributed by atoms with Gasteiger partial charge in [-0.2, -0.15) is 0 Å². The van der Waals surface area contributed by atoms with Gasteiger partial charge in [-0.3, -0.25) is 0 Å².